The maximum absolute atomic E-state index is 12.4. The highest BCUT2D eigenvalue weighted by Crippen LogP contribution is 2.36. The molecule has 130 valence electrons. The lowest BCUT2D eigenvalue weighted by atomic mass is 10.1. The van der Waals surface area contributed by atoms with Gasteiger partial charge in [-0.05, 0) is 43.5 Å². The maximum atomic E-state index is 12.4. The first-order valence-electron chi connectivity index (χ1n) is 8.02. The third kappa shape index (κ3) is 3.91. The lowest BCUT2D eigenvalue weighted by Crippen LogP contribution is -2.45. The number of amides is 2. The van der Waals surface area contributed by atoms with E-state index in [4.69, 9.17) is 4.74 Å². The SMILES string of the molecule is C=C(C)CN1C(=O)C(C)Oc2ccc(NC(=O)Cc3cccs3)cc21. The van der Waals surface area contributed by atoms with Crippen molar-refractivity contribution >= 4 is 34.5 Å². The van der Waals surface area contributed by atoms with Crippen LogP contribution in [-0.2, 0) is 16.0 Å². The lowest BCUT2D eigenvalue weighted by molar-refractivity contribution is -0.125. The molecule has 0 saturated carbocycles. The second-order valence-electron chi connectivity index (χ2n) is 6.13. The molecule has 1 aliphatic heterocycles. The molecular weight excluding hydrogens is 336 g/mol. The molecule has 1 unspecified atom stereocenters. The average Bonchev–Trinajstić information content (AvgIpc) is 3.05. The molecule has 0 bridgehead atoms. The van der Waals surface area contributed by atoms with Gasteiger partial charge in [0.1, 0.15) is 5.75 Å². The Balaban J connectivity index is 1.82. The van der Waals surface area contributed by atoms with Crippen molar-refractivity contribution in [2.45, 2.75) is 26.4 Å². The monoisotopic (exact) mass is 356 g/mol. The van der Waals surface area contributed by atoms with Gasteiger partial charge in [-0.15, -0.1) is 11.3 Å². The number of anilines is 2. The molecule has 1 atom stereocenters. The minimum absolute atomic E-state index is 0.0923. The normalized spacial score (nSPS) is 16.2. The van der Waals surface area contributed by atoms with E-state index >= 15 is 0 Å². The van der Waals surface area contributed by atoms with Crippen molar-refractivity contribution in [3.63, 3.8) is 0 Å². The van der Waals surface area contributed by atoms with E-state index in [1.807, 2.05) is 24.4 Å². The molecule has 2 heterocycles. The fourth-order valence-corrected chi connectivity index (χ4v) is 3.40. The molecule has 3 rings (SSSR count). The van der Waals surface area contributed by atoms with Gasteiger partial charge in [-0.2, -0.15) is 0 Å². The summed E-state index contributed by atoms with van der Waals surface area (Å²) in [5, 5.41) is 4.83. The minimum Gasteiger partial charge on any atom is -0.479 e. The maximum Gasteiger partial charge on any atom is 0.268 e. The summed E-state index contributed by atoms with van der Waals surface area (Å²) in [6.07, 6.45) is -0.206. The van der Waals surface area contributed by atoms with Crippen LogP contribution in [0.2, 0.25) is 0 Å². The summed E-state index contributed by atoms with van der Waals surface area (Å²) in [4.78, 5) is 27.3. The third-order valence-electron chi connectivity index (χ3n) is 3.79. The van der Waals surface area contributed by atoms with E-state index in [0.29, 0.717) is 30.1 Å². The first-order valence-corrected chi connectivity index (χ1v) is 8.90. The quantitative estimate of drug-likeness (QED) is 0.833. The predicted octanol–water partition coefficient (Wildman–Crippen LogP) is 3.62. The zero-order chi connectivity index (χ0) is 18.0. The molecule has 1 N–H and O–H groups in total. The number of nitrogens with zero attached hydrogens (tertiary/aromatic N) is 1. The van der Waals surface area contributed by atoms with Gasteiger partial charge in [-0.3, -0.25) is 9.59 Å². The second-order valence-corrected chi connectivity index (χ2v) is 7.16. The summed E-state index contributed by atoms with van der Waals surface area (Å²) in [6, 6.07) is 9.19. The van der Waals surface area contributed by atoms with Crippen LogP contribution < -0.4 is 15.0 Å². The molecule has 5 nitrogen and oxygen atoms in total. The van der Waals surface area contributed by atoms with E-state index in [0.717, 1.165) is 10.5 Å². The number of nitrogens with one attached hydrogen (secondary N) is 1. The number of rotatable bonds is 5. The summed E-state index contributed by atoms with van der Waals surface area (Å²) in [5.74, 6) is 0.424. The van der Waals surface area contributed by atoms with Gasteiger partial charge < -0.3 is 15.0 Å². The van der Waals surface area contributed by atoms with E-state index < -0.39 is 6.10 Å². The average molecular weight is 356 g/mol. The summed E-state index contributed by atoms with van der Waals surface area (Å²) in [6.45, 7) is 7.92. The van der Waals surface area contributed by atoms with E-state index in [9.17, 15) is 9.59 Å². The summed E-state index contributed by atoms with van der Waals surface area (Å²) in [7, 11) is 0. The molecule has 0 radical (unpaired) electrons. The minimum atomic E-state index is -0.536. The summed E-state index contributed by atoms with van der Waals surface area (Å²) in [5.41, 5.74) is 2.17. The van der Waals surface area contributed by atoms with Crippen molar-refractivity contribution in [2.24, 2.45) is 0 Å². The van der Waals surface area contributed by atoms with Crippen molar-refractivity contribution < 1.29 is 14.3 Å². The number of hydrogen-bond donors (Lipinski definition) is 1. The number of ether oxygens (including phenoxy) is 1. The molecule has 1 aliphatic rings. The number of carbonyl (C=O) groups is 2. The summed E-state index contributed by atoms with van der Waals surface area (Å²) >= 11 is 1.55. The topological polar surface area (TPSA) is 58.6 Å². The Morgan fingerprint density at radius 3 is 2.88 bits per heavy atom. The Bertz CT molecular complexity index is 814. The molecule has 1 aromatic carbocycles. The van der Waals surface area contributed by atoms with Gasteiger partial charge in [0.25, 0.3) is 5.91 Å². The van der Waals surface area contributed by atoms with E-state index in [2.05, 4.69) is 11.9 Å². The predicted molar refractivity (Wildman–Crippen MR) is 100 cm³/mol. The number of benzene rings is 1. The van der Waals surface area contributed by atoms with Crippen LogP contribution in [0.1, 0.15) is 18.7 Å². The largest absolute Gasteiger partial charge is 0.479 e. The smallest absolute Gasteiger partial charge is 0.268 e. The van der Waals surface area contributed by atoms with Crippen LogP contribution in [0.5, 0.6) is 5.75 Å². The van der Waals surface area contributed by atoms with Crippen molar-refractivity contribution in [2.75, 3.05) is 16.8 Å². The third-order valence-corrected chi connectivity index (χ3v) is 4.67. The van der Waals surface area contributed by atoms with Crippen LogP contribution in [-0.4, -0.2) is 24.5 Å². The Morgan fingerprint density at radius 1 is 1.40 bits per heavy atom. The van der Waals surface area contributed by atoms with Crippen molar-refractivity contribution in [3.05, 3.63) is 52.7 Å². The Kier molecular flexibility index (Phi) is 4.90. The molecule has 2 aromatic rings. The van der Waals surface area contributed by atoms with E-state index in [1.165, 1.54) is 0 Å². The van der Waals surface area contributed by atoms with Crippen LogP contribution >= 0.6 is 11.3 Å². The molecule has 0 aliphatic carbocycles. The lowest BCUT2D eigenvalue weighted by Gasteiger charge is -2.33. The Morgan fingerprint density at radius 2 is 2.20 bits per heavy atom. The van der Waals surface area contributed by atoms with Crippen molar-refractivity contribution in [1.82, 2.24) is 0 Å². The van der Waals surface area contributed by atoms with Crippen LogP contribution in [0.15, 0.2) is 47.9 Å². The Labute approximate surface area is 150 Å². The van der Waals surface area contributed by atoms with Gasteiger partial charge in [0.05, 0.1) is 12.1 Å². The molecule has 6 heteroatoms. The van der Waals surface area contributed by atoms with Gasteiger partial charge in [0, 0.05) is 17.1 Å². The first-order chi connectivity index (χ1) is 11.9. The molecule has 1 aromatic heterocycles. The highest BCUT2D eigenvalue weighted by atomic mass is 32.1. The van der Waals surface area contributed by atoms with Crippen molar-refractivity contribution in [3.8, 4) is 5.75 Å². The molecular formula is C19H20N2O3S. The first kappa shape index (κ1) is 17.2. The van der Waals surface area contributed by atoms with E-state index in [-0.39, 0.29) is 11.8 Å². The number of thiophene rings is 1. The van der Waals surface area contributed by atoms with Crippen LogP contribution in [0.25, 0.3) is 0 Å². The molecule has 0 spiro atoms. The number of fused-ring (bicyclic) bond motifs is 1. The van der Waals surface area contributed by atoms with Gasteiger partial charge in [0.2, 0.25) is 5.91 Å². The molecule has 2 amide bonds. The highest BCUT2D eigenvalue weighted by molar-refractivity contribution is 7.10. The van der Waals surface area contributed by atoms with E-state index in [1.54, 1.807) is 41.4 Å². The fraction of sp³-hybridized carbons (Fsp3) is 0.263. The second kappa shape index (κ2) is 7.11. The van der Waals surface area contributed by atoms with Crippen LogP contribution in [0.4, 0.5) is 11.4 Å². The van der Waals surface area contributed by atoms with Crippen molar-refractivity contribution in [1.29, 1.82) is 0 Å². The summed E-state index contributed by atoms with van der Waals surface area (Å²) < 4.78 is 5.67. The molecule has 25 heavy (non-hydrogen) atoms. The molecule has 0 fully saturated rings. The van der Waals surface area contributed by atoms with Gasteiger partial charge in [-0.1, -0.05) is 18.2 Å². The highest BCUT2D eigenvalue weighted by Gasteiger charge is 2.31. The van der Waals surface area contributed by atoms with Crippen LogP contribution in [0, 0.1) is 0 Å². The fourth-order valence-electron chi connectivity index (χ4n) is 2.69. The Hall–Kier alpha value is -2.60. The van der Waals surface area contributed by atoms with Gasteiger partial charge >= 0.3 is 0 Å². The zero-order valence-electron chi connectivity index (χ0n) is 14.2. The molecule has 0 saturated heterocycles. The standard InChI is InChI=1S/C19H20N2O3S/c1-12(2)11-21-16-9-14(6-7-17(16)24-13(3)19(21)23)20-18(22)10-15-5-4-8-25-15/h4-9,13H,1,10-11H2,2-3H3,(H,20,22). The van der Waals surface area contributed by atoms with Gasteiger partial charge in [0.15, 0.2) is 6.10 Å². The number of carbonyl (C=O) groups excluding carboxylic acids is 2. The van der Waals surface area contributed by atoms with Gasteiger partial charge in [-0.25, -0.2) is 0 Å². The number of hydrogen-bond acceptors (Lipinski definition) is 4. The zero-order valence-corrected chi connectivity index (χ0v) is 15.1. The van der Waals surface area contributed by atoms with Crippen LogP contribution in [0.3, 0.4) is 0 Å².